The van der Waals surface area contributed by atoms with Gasteiger partial charge >= 0.3 is 0 Å². The Hall–Kier alpha value is -2.81. The monoisotopic (exact) mass is 406 g/mol. The Morgan fingerprint density at radius 3 is 2.71 bits per heavy atom. The summed E-state index contributed by atoms with van der Waals surface area (Å²) in [4.78, 5) is 28.0. The van der Waals surface area contributed by atoms with E-state index in [0.29, 0.717) is 35.3 Å². The zero-order valence-electron chi connectivity index (χ0n) is 14.7. The molecule has 0 atom stereocenters. The molecule has 4 N–H and O–H groups in total. The molecule has 146 valence electrons. The van der Waals surface area contributed by atoms with Crippen LogP contribution in [0.1, 0.15) is 41.6 Å². The molecule has 1 aliphatic carbocycles. The van der Waals surface area contributed by atoms with Crippen molar-refractivity contribution in [1.82, 2.24) is 19.9 Å². The molecule has 0 aliphatic heterocycles. The maximum atomic E-state index is 13.3. The van der Waals surface area contributed by atoms with Crippen molar-refractivity contribution in [2.24, 2.45) is 0 Å². The summed E-state index contributed by atoms with van der Waals surface area (Å²) in [6.45, 7) is 0. The minimum atomic E-state index is -2.59. The number of ketones is 1. The van der Waals surface area contributed by atoms with Gasteiger partial charge < -0.3 is 16.0 Å². The van der Waals surface area contributed by atoms with E-state index in [2.05, 4.69) is 25.3 Å². The van der Waals surface area contributed by atoms with Crippen LogP contribution in [-0.4, -0.2) is 37.7 Å². The number of carbonyl (C=O) groups excluding carboxylic acids is 1. The zero-order chi connectivity index (χ0) is 19.9. The second-order valence-corrected chi connectivity index (χ2v) is 7.18. The molecule has 28 heavy (non-hydrogen) atoms. The molecule has 10 heteroatoms. The molecule has 0 bridgehead atoms. The second-order valence-electron chi connectivity index (χ2n) is 6.82. The third-order valence-electron chi connectivity index (χ3n) is 4.91. The van der Waals surface area contributed by atoms with E-state index in [1.165, 1.54) is 12.5 Å². The standard InChI is InChI=1S/C18H17ClF2N6O/c19-15-10(14(28)11-7-23-17-13(11)16(22)24-8-25-17)1-2-12(27-15)26-9-3-5-18(20,21)6-4-9/h1-2,7-9H,3-6H2,(H,26,27)(H3,22,23,24,25). The van der Waals surface area contributed by atoms with Crippen LogP contribution in [0.4, 0.5) is 20.4 Å². The first kappa shape index (κ1) is 18.5. The number of nitrogens with zero attached hydrogens (tertiary/aromatic N) is 3. The molecule has 3 heterocycles. The van der Waals surface area contributed by atoms with Gasteiger partial charge in [0.25, 0.3) is 0 Å². The minimum absolute atomic E-state index is 0.0147. The number of aromatic amines is 1. The van der Waals surface area contributed by atoms with E-state index in [9.17, 15) is 13.6 Å². The van der Waals surface area contributed by atoms with Crippen molar-refractivity contribution in [1.29, 1.82) is 0 Å². The Morgan fingerprint density at radius 1 is 1.25 bits per heavy atom. The zero-order valence-corrected chi connectivity index (χ0v) is 15.4. The van der Waals surface area contributed by atoms with Gasteiger partial charge in [-0.3, -0.25) is 4.79 Å². The van der Waals surface area contributed by atoms with Gasteiger partial charge in [-0.2, -0.15) is 0 Å². The van der Waals surface area contributed by atoms with Crippen molar-refractivity contribution in [3.63, 3.8) is 0 Å². The topological polar surface area (TPSA) is 110 Å². The highest BCUT2D eigenvalue weighted by Gasteiger charge is 2.35. The Labute approximate surface area is 163 Å². The summed E-state index contributed by atoms with van der Waals surface area (Å²) < 4.78 is 26.5. The number of nitrogens with one attached hydrogen (secondary N) is 2. The molecule has 0 radical (unpaired) electrons. The van der Waals surface area contributed by atoms with E-state index in [-0.39, 0.29) is 41.2 Å². The predicted molar refractivity (Wildman–Crippen MR) is 102 cm³/mol. The lowest BCUT2D eigenvalue weighted by Gasteiger charge is -2.29. The number of hydrogen-bond donors (Lipinski definition) is 3. The molecule has 1 saturated carbocycles. The minimum Gasteiger partial charge on any atom is -0.383 e. The molecule has 1 aliphatic rings. The van der Waals surface area contributed by atoms with Gasteiger partial charge in [-0.25, -0.2) is 23.7 Å². The molecular weight excluding hydrogens is 390 g/mol. The van der Waals surface area contributed by atoms with E-state index in [1.807, 2.05) is 0 Å². The highest BCUT2D eigenvalue weighted by Crippen LogP contribution is 2.34. The van der Waals surface area contributed by atoms with Crippen LogP contribution in [0, 0.1) is 0 Å². The van der Waals surface area contributed by atoms with E-state index in [4.69, 9.17) is 17.3 Å². The number of halogens is 3. The Morgan fingerprint density at radius 2 is 2.00 bits per heavy atom. The van der Waals surface area contributed by atoms with Gasteiger partial charge in [0.2, 0.25) is 5.92 Å². The van der Waals surface area contributed by atoms with Gasteiger partial charge in [0.1, 0.15) is 28.8 Å². The predicted octanol–water partition coefficient (Wildman–Crippen LogP) is 3.81. The van der Waals surface area contributed by atoms with Gasteiger partial charge in [-0.15, -0.1) is 0 Å². The Kier molecular flexibility index (Phi) is 4.62. The van der Waals surface area contributed by atoms with Crippen molar-refractivity contribution < 1.29 is 13.6 Å². The van der Waals surface area contributed by atoms with Crippen molar-refractivity contribution in [3.8, 4) is 0 Å². The average Bonchev–Trinajstić information content (AvgIpc) is 3.09. The SMILES string of the molecule is Nc1ncnc2[nH]cc(C(=O)c3ccc(NC4CCC(F)(F)CC4)nc3Cl)c12. The normalized spacial score (nSPS) is 17.0. The fourth-order valence-electron chi connectivity index (χ4n) is 3.39. The van der Waals surface area contributed by atoms with Gasteiger partial charge in [0.15, 0.2) is 5.78 Å². The van der Waals surface area contributed by atoms with Crippen LogP contribution in [0.3, 0.4) is 0 Å². The number of hydrogen-bond acceptors (Lipinski definition) is 6. The van der Waals surface area contributed by atoms with E-state index >= 15 is 0 Å². The molecular formula is C18H17ClF2N6O. The number of anilines is 2. The van der Waals surface area contributed by atoms with Gasteiger partial charge in [0, 0.05) is 25.1 Å². The van der Waals surface area contributed by atoms with Crippen LogP contribution in [0.15, 0.2) is 24.7 Å². The molecule has 0 saturated heterocycles. The third kappa shape index (κ3) is 3.49. The quantitative estimate of drug-likeness (QED) is 0.449. The lowest BCUT2D eigenvalue weighted by molar-refractivity contribution is -0.0361. The molecule has 0 spiro atoms. The van der Waals surface area contributed by atoms with Crippen molar-refractivity contribution >= 4 is 40.1 Å². The van der Waals surface area contributed by atoms with Crippen molar-refractivity contribution in [2.45, 2.75) is 37.6 Å². The van der Waals surface area contributed by atoms with Gasteiger partial charge in [-0.1, -0.05) is 11.6 Å². The molecule has 0 unspecified atom stereocenters. The van der Waals surface area contributed by atoms with Crippen LogP contribution >= 0.6 is 11.6 Å². The first-order valence-corrected chi connectivity index (χ1v) is 9.15. The lowest BCUT2D eigenvalue weighted by atomic mass is 9.92. The van der Waals surface area contributed by atoms with Crippen LogP contribution < -0.4 is 11.1 Å². The summed E-state index contributed by atoms with van der Waals surface area (Å²) in [5, 5.41) is 3.55. The molecule has 3 aromatic heterocycles. The smallest absolute Gasteiger partial charge is 0.248 e. The highest BCUT2D eigenvalue weighted by molar-refractivity contribution is 6.34. The summed E-state index contributed by atoms with van der Waals surface area (Å²) in [5.41, 5.74) is 6.82. The van der Waals surface area contributed by atoms with Crippen molar-refractivity contribution in [3.05, 3.63) is 40.9 Å². The number of nitrogen functional groups attached to an aromatic ring is 1. The summed E-state index contributed by atoms with van der Waals surface area (Å²) in [6, 6.07) is 3.06. The second kappa shape index (κ2) is 6.97. The first-order valence-electron chi connectivity index (χ1n) is 8.77. The maximum Gasteiger partial charge on any atom is 0.248 e. The van der Waals surface area contributed by atoms with E-state index in [0.717, 1.165) is 0 Å². The molecule has 4 rings (SSSR count). The Bertz CT molecular complexity index is 1040. The first-order chi connectivity index (χ1) is 13.3. The largest absolute Gasteiger partial charge is 0.383 e. The fourth-order valence-corrected chi connectivity index (χ4v) is 3.63. The van der Waals surface area contributed by atoms with E-state index < -0.39 is 5.92 Å². The molecule has 1 fully saturated rings. The number of H-pyrrole nitrogens is 1. The van der Waals surface area contributed by atoms with Gasteiger partial charge in [0.05, 0.1) is 16.5 Å². The summed E-state index contributed by atoms with van der Waals surface area (Å²) in [6.07, 6.45) is 3.20. The fraction of sp³-hybridized carbons (Fsp3) is 0.333. The maximum absolute atomic E-state index is 13.3. The van der Waals surface area contributed by atoms with E-state index in [1.54, 1.807) is 12.1 Å². The number of pyridine rings is 1. The van der Waals surface area contributed by atoms with Crippen LogP contribution in [0.5, 0.6) is 0 Å². The van der Waals surface area contributed by atoms with Crippen LogP contribution in [-0.2, 0) is 0 Å². The number of aromatic nitrogens is 4. The van der Waals surface area contributed by atoms with Crippen molar-refractivity contribution in [2.75, 3.05) is 11.1 Å². The summed E-state index contributed by atoms with van der Waals surface area (Å²) in [5.74, 6) is -2.33. The van der Waals surface area contributed by atoms with Crippen LogP contribution in [0.25, 0.3) is 11.0 Å². The number of fused-ring (bicyclic) bond motifs is 1. The number of alkyl halides is 2. The number of nitrogens with two attached hydrogens (primary N) is 1. The molecule has 7 nitrogen and oxygen atoms in total. The molecule has 0 aromatic carbocycles. The molecule has 3 aromatic rings. The summed E-state index contributed by atoms with van der Waals surface area (Å²) >= 11 is 6.23. The van der Waals surface area contributed by atoms with Crippen LogP contribution in [0.2, 0.25) is 5.15 Å². The Balaban J connectivity index is 1.55. The highest BCUT2D eigenvalue weighted by atomic mass is 35.5. The third-order valence-corrected chi connectivity index (χ3v) is 5.19. The summed E-state index contributed by atoms with van der Waals surface area (Å²) in [7, 11) is 0. The number of carbonyl (C=O) groups is 1. The van der Waals surface area contributed by atoms with Gasteiger partial charge in [-0.05, 0) is 25.0 Å². The average molecular weight is 407 g/mol. The molecule has 0 amide bonds. The number of rotatable bonds is 4. The lowest BCUT2D eigenvalue weighted by Crippen LogP contribution is -2.32.